The van der Waals surface area contributed by atoms with E-state index in [1.54, 1.807) is 6.07 Å². The second-order valence-electron chi connectivity index (χ2n) is 4.44. The molecule has 0 aromatic carbocycles. The van der Waals surface area contributed by atoms with Crippen molar-refractivity contribution in [3.63, 3.8) is 0 Å². The average Bonchev–Trinajstić information content (AvgIpc) is 2.99. The van der Waals surface area contributed by atoms with Gasteiger partial charge in [0.25, 0.3) is 0 Å². The number of hydrogen-bond acceptors (Lipinski definition) is 3. The van der Waals surface area contributed by atoms with Crippen molar-refractivity contribution in [2.75, 3.05) is 6.54 Å². The Morgan fingerprint density at radius 2 is 2.00 bits per heavy atom. The minimum absolute atomic E-state index is 0.184. The molecule has 2 rings (SSSR count). The highest BCUT2D eigenvalue weighted by molar-refractivity contribution is 5.09. The first-order valence-corrected chi connectivity index (χ1v) is 6.38. The first kappa shape index (κ1) is 14.6. The van der Waals surface area contributed by atoms with Crippen LogP contribution in [-0.2, 0) is 19.3 Å². The molecule has 2 aromatic rings. The van der Waals surface area contributed by atoms with E-state index in [1.165, 1.54) is 10.9 Å². The van der Waals surface area contributed by atoms with Crippen LogP contribution in [0.3, 0.4) is 0 Å². The maximum absolute atomic E-state index is 12.4. The maximum atomic E-state index is 12.4. The number of rotatable bonds is 6. The number of furan rings is 1. The SMILES string of the molecule is CCCNCc1ccc(Cn2ccc(C(F)(F)F)n2)o1. The van der Waals surface area contributed by atoms with E-state index in [9.17, 15) is 13.2 Å². The number of nitrogens with one attached hydrogen (secondary N) is 1. The van der Waals surface area contributed by atoms with Gasteiger partial charge in [-0.15, -0.1) is 0 Å². The van der Waals surface area contributed by atoms with Crippen LogP contribution < -0.4 is 5.32 Å². The zero-order chi connectivity index (χ0) is 14.6. The highest BCUT2D eigenvalue weighted by atomic mass is 19.4. The summed E-state index contributed by atoms with van der Waals surface area (Å²) in [5, 5.41) is 6.67. The summed E-state index contributed by atoms with van der Waals surface area (Å²) in [6.07, 6.45) is -2.09. The Balaban J connectivity index is 1.95. The van der Waals surface area contributed by atoms with Gasteiger partial charge in [-0.3, -0.25) is 4.68 Å². The van der Waals surface area contributed by atoms with Crippen molar-refractivity contribution < 1.29 is 17.6 Å². The summed E-state index contributed by atoms with van der Waals surface area (Å²) in [4.78, 5) is 0. The minimum Gasteiger partial charge on any atom is -0.463 e. The summed E-state index contributed by atoms with van der Waals surface area (Å²) >= 11 is 0. The molecule has 0 aliphatic rings. The van der Waals surface area contributed by atoms with Crippen molar-refractivity contribution in [1.29, 1.82) is 0 Å². The summed E-state index contributed by atoms with van der Waals surface area (Å²) < 4.78 is 44.0. The molecule has 0 amide bonds. The van der Waals surface area contributed by atoms with Crippen LogP contribution in [0.25, 0.3) is 0 Å². The molecule has 110 valence electrons. The predicted octanol–water partition coefficient (Wildman–Crippen LogP) is 3.04. The quantitative estimate of drug-likeness (QED) is 0.830. The molecule has 4 nitrogen and oxygen atoms in total. The molecule has 2 heterocycles. The van der Waals surface area contributed by atoms with Crippen LogP contribution >= 0.6 is 0 Å². The molecule has 0 aliphatic heterocycles. The van der Waals surface area contributed by atoms with Crippen molar-refractivity contribution in [2.45, 2.75) is 32.6 Å². The summed E-state index contributed by atoms with van der Waals surface area (Å²) in [6, 6.07) is 4.51. The third-order valence-electron chi connectivity index (χ3n) is 2.69. The Morgan fingerprint density at radius 3 is 2.65 bits per heavy atom. The van der Waals surface area contributed by atoms with Crippen molar-refractivity contribution in [3.05, 3.63) is 41.6 Å². The Bertz CT molecular complexity index is 545. The highest BCUT2D eigenvalue weighted by Gasteiger charge is 2.33. The van der Waals surface area contributed by atoms with Gasteiger partial charge in [-0.05, 0) is 31.2 Å². The largest absolute Gasteiger partial charge is 0.463 e. The number of hydrogen-bond donors (Lipinski definition) is 1. The van der Waals surface area contributed by atoms with Gasteiger partial charge in [0, 0.05) is 6.20 Å². The standard InChI is InChI=1S/C13H16F3N3O/c1-2-6-17-8-10-3-4-11(20-10)9-19-7-5-12(18-19)13(14,15)16/h3-5,7,17H,2,6,8-9H2,1H3. The number of alkyl halides is 3. The van der Waals surface area contributed by atoms with E-state index >= 15 is 0 Å². The lowest BCUT2D eigenvalue weighted by molar-refractivity contribution is -0.141. The van der Waals surface area contributed by atoms with Gasteiger partial charge < -0.3 is 9.73 Å². The van der Waals surface area contributed by atoms with Crippen LogP contribution in [-0.4, -0.2) is 16.3 Å². The van der Waals surface area contributed by atoms with Gasteiger partial charge in [-0.25, -0.2) is 0 Å². The number of nitrogens with zero attached hydrogens (tertiary/aromatic N) is 2. The van der Waals surface area contributed by atoms with Gasteiger partial charge in [-0.2, -0.15) is 18.3 Å². The zero-order valence-electron chi connectivity index (χ0n) is 11.1. The molecule has 0 aliphatic carbocycles. The molecular weight excluding hydrogens is 271 g/mol. The first-order valence-electron chi connectivity index (χ1n) is 6.38. The Kier molecular flexibility index (Phi) is 4.49. The lowest BCUT2D eigenvalue weighted by Crippen LogP contribution is -2.13. The van der Waals surface area contributed by atoms with Gasteiger partial charge >= 0.3 is 6.18 Å². The second-order valence-corrected chi connectivity index (χ2v) is 4.44. The van der Waals surface area contributed by atoms with Gasteiger partial charge in [0.15, 0.2) is 5.69 Å². The van der Waals surface area contributed by atoms with Crippen LogP contribution in [0.4, 0.5) is 13.2 Å². The van der Waals surface area contributed by atoms with Crippen molar-refractivity contribution in [3.8, 4) is 0 Å². The molecule has 0 fully saturated rings. The van der Waals surface area contributed by atoms with Crippen LogP contribution in [0, 0.1) is 0 Å². The molecule has 0 spiro atoms. The van der Waals surface area contributed by atoms with Crippen molar-refractivity contribution >= 4 is 0 Å². The molecule has 7 heteroatoms. The Morgan fingerprint density at radius 1 is 1.25 bits per heavy atom. The Hall–Kier alpha value is -1.76. The van der Waals surface area contributed by atoms with Crippen LogP contribution in [0.1, 0.15) is 30.6 Å². The predicted molar refractivity (Wildman–Crippen MR) is 67.0 cm³/mol. The molecule has 0 saturated heterocycles. The monoisotopic (exact) mass is 287 g/mol. The summed E-state index contributed by atoms with van der Waals surface area (Å²) in [7, 11) is 0. The van der Waals surface area contributed by atoms with Gasteiger partial charge in [-0.1, -0.05) is 6.92 Å². The van der Waals surface area contributed by atoms with E-state index in [2.05, 4.69) is 17.3 Å². The molecule has 0 saturated carbocycles. The van der Waals surface area contributed by atoms with Gasteiger partial charge in [0.05, 0.1) is 13.1 Å². The third-order valence-corrected chi connectivity index (χ3v) is 2.69. The Labute approximate surface area is 114 Å². The molecule has 0 unspecified atom stereocenters. The van der Waals surface area contributed by atoms with E-state index in [4.69, 9.17) is 4.42 Å². The fourth-order valence-corrected chi connectivity index (χ4v) is 1.75. The van der Waals surface area contributed by atoms with E-state index < -0.39 is 11.9 Å². The lowest BCUT2D eigenvalue weighted by atomic mass is 10.4. The van der Waals surface area contributed by atoms with E-state index in [1.807, 2.05) is 6.07 Å². The third kappa shape index (κ3) is 3.86. The summed E-state index contributed by atoms with van der Waals surface area (Å²) in [5.74, 6) is 1.34. The maximum Gasteiger partial charge on any atom is 0.435 e. The van der Waals surface area contributed by atoms with Crippen LogP contribution in [0.2, 0.25) is 0 Å². The topological polar surface area (TPSA) is 43.0 Å². The summed E-state index contributed by atoms with van der Waals surface area (Å²) in [6.45, 7) is 3.76. The smallest absolute Gasteiger partial charge is 0.435 e. The fraction of sp³-hybridized carbons (Fsp3) is 0.462. The second kappa shape index (κ2) is 6.13. The van der Waals surface area contributed by atoms with Crippen molar-refractivity contribution in [1.82, 2.24) is 15.1 Å². The lowest BCUT2D eigenvalue weighted by Gasteiger charge is -2.02. The van der Waals surface area contributed by atoms with Gasteiger partial charge in [0.1, 0.15) is 11.5 Å². The first-order chi connectivity index (χ1) is 9.49. The van der Waals surface area contributed by atoms with Crippen LogP contribution in [0.15, 0.2) is 28.8 Å². The summed E-state index contributed by atoms with van der Waals surface area (Å²) in [5.41, 5.74) is -0.895. The number of aromatic nitrogens is 2. The molecule has 1 N–H and O–H groups in total. The fourth-order valence-electron chi connectivity index (χ4n) is 1.75. The molecule has 20 heavy (non-hydrogen) atoms. The highest BCUT2D eigenvalue weighted by Crippen LogP contribution is 2.27. The molecule has 0 bridgehead atoms. The normalized spacial score (nSPS) is 12.0. The van der Waals surface area contributed by atoms with E-state index in [0.29, 0.717) is 12.3 Å². The molecule has 2 aromatic heterocycles. The van der Waals surface area contributed by atoms with Crippen LogP contribution in [0.5, 0.6) is 0 Å². The molecule has 0 atom stereocenters. The van der Waals surface area contributed by atoms with E-state index in [0.717, 1.165) is 24.8 Å². The zero-order valence-corrected chi connectivity index (χ0v) is 11.1. The van der Waals surface area contributed by atoms with Gasteiger partial charge in [0.2, 0.25) is 0 Å². The van der Waals surface area contributed by atoms with Crippen molar-refractivity contribution in [2.24, 2.45) is 0 Å². The average molecular weight is 287 g/mol. The molecular formula is C13H16F3N3O. The molecule has 0 radical (unpaired) electrons. The number of halogens is 3. The minimum atomic E-state index is -4.41. The van der Waals surface area contributed by atoms with E-state index in [-0.39, 0.29) is 6.54 Å².